The Balaban J connectivity index is 2.78. The van der Waals surface area contributed by atoms with Gasteiger partial charge in [-0.15, -0.1) is 0 Å². The molecule has 2 aromatic heterocycles. The van der Waals surface area contributed by atoms with Gasteiger partial charge in [0.25, 0.3) is 0 Å². The molecule has 0 atom stereocenters. The van der Waals surface area contributed by atoms with Gasteiger partial charge in [0.1, 0.15) is 12.0 Å². The zero-order chi connectivity index (χ0) is 11.7. The Labute approximate surface area is 93.0 Å². The third kappa shape index (κ3) is 1.44. The van der Waals surface area contributed by atoms with Crippen LogP contribution in [-0.2, 0) is 18.3 Å². The van der Waals surface area contributed by atoms with Gasteiger partial charge in [-0.3, -0.25) is 4.68 Å². The number of pyridine rings is 1. The van der Waals surface area contributed by atoms with Crippen LogP contribution in [0.25, 0.3) is 11.0 Å². The molecule has 2 aromatic rings. The Morgan fingerprint density at radius 1 is 1.56 bits per heavy atom. The summed E-state index contributed by atoms with van der Waals surface area (Å²) < 4.78 is 7.06. The van der Waals surface area contributed by atoms with Crippen molar-refractivity contribution in [3.8, 4) is 5.75 Å². The standard InChI is InChI=1S/C11H13N3O2/c1-7-9-10(16-3)8(4-5-15)6-12-11(9)14(2)13-7/h5-6H,4H2,1-3H3. The molecule has 0 N–H and O–H groups in total. The summed E-state index contributed by atoms with van der Waals surface area (Å²) in [6, 6.07) is 0. The average Bonchev–Trinajstić information content (AvgIpc) is 2.55. The van der Waals surface area contributed by atoms with Crippen molar-refractivity contribution in [3.05, 3.63) is 17.5 Å². The molecule has 0 amide bonds. The first kappa shape index (κ1) is 10.6. The lowest BCUT2D eigenvalue weighted by molar-refractivity contribution is -0.107. The molecule has 0 fully saturated rings. The van der Waals surface area contributed by atoms with Gasteiger partial charge in [0.2, 0.25) is 0 Å². The van der Waals surface area contributed by atoms with E-state index in [0.717, 1.165) is 28.6 Å². The molecule has 2 heterocycles. The van der Waals surface area contributed by atoms with Crippen molar-refractivity contribution in [1.82, 2.24) is 14.8 Å². The van der Waals surface area contributed by atoms with Crippen LogP contribution in [0.4, 0.5) is 0 Å². The predicted molar refractivity (Wildman–Crippen MR) is 59.6 cm³/mol. The van der Waals surface area contributed by atoms with Gasteiger partial charge in [-0.1, -0.05) is 0 Å². The summed E-state index contributed by atoms with van der Waals surface area (Å²) in [5, 5.41) is 5.16. The van der Waals surface area contributed by atoms with Crippen LogP contribution in [-0.4, -0.2) is 28.2 Å². The number of fused-ring (bicyclic) bond motifs is 1. The van der Waals surface area contributed by atoms with E-state index < -0.39 is 0 Å². The summed E-state index contributed by atoms with van der Waals surface area (Å²) in [4.78, 5) is 14.9. The normalized spacial score (nSPS) is 10.7. The van der Waals surface area contributed by atoms with Gasteiger partial charge in [-0.2, -0.15) is 5.10 Å². The number of carbonyl (C=O) groups is 1. The van der Waals surface area contributed by atoms with E-state index in [9.17, 15) is 4.79 Å². The van der Waals surface area contributed by atoms with Gasteiger partial charge in [0, 0.05) is 25.2 Å². The minimum absolute atomic E-state index is 0.306. The molecule has 0 bridgehead atoms. The summed E-state index contributed by atoms with van der Waals surface area (Å²) in [6.07, 6.45) is 2.81. The van der Waals surface area contributed by atoms with Crippen molar-refractivity contribution in [2.24, 2.45) is 7.05 Å². The van der Waals surface area contributed by atoms with Gasteiger partial charge in [0.05, 0.1) is 18.2 Å². The van der Waals surface area contributed by atoms with Crippen molar-refractivity contribution < 1.29 is 9.53 Å². The van der Waals surface area contributed by atoms with E-state index in [-0.39, 0.29) is 0 Å². The summed E-state index contributed by atoms with van der Waals surface area (Å²) in [5.74, 6) is 0.697. The molecular weight excluding hydrogens is 206 g/mol. The molecule has 2 rings (SSSR count). The van der Waals surface area contributed by atoms with Gasteiger partial charge in [0.15, 0.2) is 5.65 Å². The minimum atomic E-state index is 0.306. The summed E-state index contributed by atoms with van der Waals surface area (Å²) in [7, 11) is 3.43. The highest BCUT2D eigenvalue weighted by Gasteiger charge is 2.15. The van der Waals surface area contributed by atoms with E-state index in [2.05, 4.69) is 10.1 Å². The molecule has 0 unspecified atom stereocenters. The van der Waals surface area contributed by atoms with Crippen molar-refractivity contribution in [2.75, 3.05) is 7.11 Å². The molecule has 5 heteroatoms. The lowest BCUT2D eigenvalue weighted by Crippen LogP contribution is -1.97. The second-order valence-electron chi connectivity index (χ2n) is 3.60. The number of aryl methyl sites for hydroxylation is 2. The van der Waals surface area contributed by atoms with Crippen molar-refractivity contribution in [3.63, 3.8) is 0 Å². The molecule has 0 aliphatic rings. The molecule has 0 spiro atoms. The topological polar surface area (TPSA) is 57.0 Å². The number of aromatic nitrogens is 3. The van der Waals surface area contributed by atoms with Crippen LogP contribution < -0.4 is 4.74 Å². The highest BCUT2D eigenvalue weighted by atomic mass is 16.5. The lowest BCUT2D eigenvalue weighted by Gasteiger charge is -2.07. The van der Waals surface area contributed by atoms with E-state index >= 15 is 0 Å². The van der Waals surface area contributed by atoms with Crippen molar-refractivity contribution >= 4 is 17.3 Å². The van der Waals surface area contributed by atoms with Crippen LogP contribution >= 0.6 is 0 Å². The fourth-order valence-corrected chi connectivity index (χ4v) is 1.89. The van der Waals surface area contributed by atoms with Crippen LogP contribution in [0.2, 0.25) is 0 Å². The molecule has 0 aromatic carbocycles. The Bertz CT molecular complexity index is 546. The number of carbonyl (C=O) groups excluding carboxylic acids is 1. The van der Waals surface area contributed by atoms with Gasteiger partial charge in [-0.25, -0.2) is 4.98 Å². The maximum absolute atomic E-state index is 10.6. The molecule has 16 heavy (non-hydrogen) atoms. The number of methoxy groups -OCH3 is 1. The minimum Gasteiger partial charge on any atom is -0.496 e. The van der Waals surface area contributed by atoms with E-state index in [1.54, 1.807) is 18.0 Å². The first-order valence-corrected chi connectivity index (χ1v) is 4.97. The highest BCUT2D eigenvalue weighted by molar-refractivity contribution is 5.87. The molecule has 0 aliphatic heterocycles. The zero-order valence-electron chi connectivity index (χ0n) is 9.52. The van der Waals surface area contributed by atoms with Crippen LogP contribution in [0.5, 0.6) is 5.75 Å². The lowest BCUT2D eigenvalue weighted by atomic mass is 10.1. The number of hydrogen-bond donors (Lipinski definition) is 0. The van der Waals surface area contributed by atoms with Gasteiger partial charge in [-0.05, 0) is 6.92 Å². The highest BCUT2D eigenvalue weighted by Crippen LogP contribution is 2.30. The maximum atomic E-state index is 10.6. The molecule has 0 aliphatic carbocycles. The van der Waals surface area contributed by atoms with Crippen LogP contribution in [0.15, 0.2) is 6.20 Å². The summed E-state index contributed by atoms with van der Waals surface area (Å²) in [6.45, 7) is 1.90. The second kappa shape index (κ2) is 3.92. The summed E-state index contributed by atoms with van der Waals surface area (Å²) in [5.41, 5.74) is 2.42. The Hall–Kier alpha value is -1.91. The fourth-order valence-electron chi connectivity index (χ4n) is 1.89. The zero-order valence-corrected chi connectivity index (χ0v) is 9.52. The van der Waals surface area contributed by atoms with Crippen molar-refractivity contribution in [1.29, 1.82) is 0 Å². The molecule has 5 nitrogen and oxygen atoms in total. The molecule has 84 valence electrons. The van der Waals surface area contributed by atoms with E-state index in [0.29, 0.717) is 12.2 Å². The Morgan fingerprint density at radius 2 is 2.31 bits per heavy atom. The van der Waals surface area contributed by atoms with E-state index in [1.807, 2.05) is 14.0 Å². The first-order valence-electron chi connectivity index (χ1n) is 4.97. The number of hydrogen-bond acceptors (Lipinski definition) is 4. The predicted octanol–water partition coefficient (Wildman–Crippen LogP) is 1.03. The first-order chi connectivity index (χ1) is 7.69. The largest absolute Gasteiger partial charge is 0.496 e. The number of rotatable bonds is 3. The third-order valence-electron chi connectivity index (χ3n) is 2.56. The molecule has 0 radical (unpaired) electrons. The van der Waals surface area contributed by atoms with Crippen molar-refractivity contribution in [2.45, 2.75) is 13.3 Å². The SMILES string of the molecule is COc1c(CC=O)cnc2c1c(C)nn2C. The quantitative estimate of drug-likeness (QED) is 0.723. The van der Waals surface area contributed by atoms with Gasteiger partial charge < -0.3 is 9.53 Å². The van der Waals surface area contributed by atoms with E-state index in [1.165, 1.54) is 0 Å². The van der Waals surface area contributed by atoms with E-state index in [4.69, 9.17) is 4.74 Å². The van der Waals surface area contributed by atoms with Crippen LogP contribution in [0.3, 0.4) is 0 Å². The fraction of sp³-hybridized carbons (Fsp3) is 0.364. The smallest absolute Gasteiger partial charge is 0.161 e. The second-order valence-corrected chi connectivity index (χ2v) is 3.60. The molecule has 0 saturated heterocycles. The van der Waals surface area contributed by atoms with Crippen LogP contribution in [0, 0.1) is 6.92 Å². The number of ether oxygens (including phenoxy) is 1. The Kier molecular flexibility index (Phi) is 2.60. The maximum Gasteiger partial charge on any atom is 0.161 e. The van der Waals surface area contributed by atoms with Gasteiger partial charge >= 0.3 is 0 Å². The monoisotopic (exact) mass is 219 g/mol. The Morgan fingerprint density at radius 3 is 2.94 bits per heavy atom. The number of nitrogens with zero attached hydrogens (tertiary/aromatic N) is 3. The summed E-state index contributed by atoms with van der Waals surface area (Å²) >= 11 is 0. The van der Waals surface area contributed by atoms with Crippen LogP contribution in [0.1, 0.15) is 11.3 Å². The number of aldehydes is 1. The molecule has 0 saturated carbocycles. The average molecular weight is 219 g/mol. The third-order valence-corrected chi connectivity index (χ3v) is 2.56. The molecular formula is C11H13N3O2.